The number of rotatable bonds is 15. The predicted molar refractivity (Wildman–Crippen MR) is 85.5 cm³/mol. The van der Waals surface area contributed by atoms with Crippen LogP contribution in [0.15, 0.2) is 12.2 Å². The van der Waals surface area contributed by atoms with Crippen molar-refractivity contribution in [3.63, 3.8) is 0 Å². The number of hydrogen-bond acceptors (Lipinski definition) is 1. The minimum Gasteiger partial charge on any atom is -0.299 e. The number of carbonyl (C=O) groups is 1. The molecule has 0 unspecified atom stereocenters. The number of allylic oxidation sites excluding steroid dienone is 2. The summed E-state index contributed by atoms with van der Waals surface area (Å²) in [6, 6.07) is 0. The third-order valence-corrected chi connectivity index (χ3v) is 3.69. The highest BCUT2D eigenvalue weighted by Gasteiger charge is 1.93. The van der Waals surface area contributed by atoms with Crippen LogP contribution in [-0.2, 0) is 4.79 Å². The highest BCUT2D eigenvalue weighted by atomic mass is 16.1. The fourth-order valence-corrected chi connectivity index (χ4v) is 2.43. The van der Waals surface area contributed by atoms with Gasteiger partial charge in [-0.05, 0) is 18.9 Å². The van der Waals surface area contributed by atoms with Crippen molar-refractivity contribution in [2.75, 3.05) is 0 Å². The van der Waals surface area contributed by atoms with Crippen molar-refractivity contribution in [2.45, 2.75) is 96.8 Å². The van der Waals surface area contributed by atoms with E-state index in [1.165, 1.54) is 83.5 Å². The van der Waals surface area contributed by atoms with E-state index >= 15 is 0 Å². The molecule has 0 heterocycles. The first kappa shape index (κ1) is 18.4. The summed E-state index contributed by atoms with van der Waals surface area (Å²) >= 11 is 0. The Morgan fingerprint density at radius 3 is 1.47 bits per heavy atom. The molecule has 0 aromatic carbocycles. The van der Waals surface area contributed by atoms with Gasteiger partial charge >= 0.3 is 0 Å². The summed E-state index contributed by atoms with van der Waals surface area (Å²) in [5.74, 6) is 0. The van der Waals surface area contributed by atoms with Crippen LogP contribution in [0.25, 0.3) is 0 Å². The Morgan fingerprint density at radius 1 is 0.632 bits per heavy atom. The predicted octanol–water partition coefficient (Wildman–Crippen LogP) is 6.22. The fraction of sp³-hybridized carbons (Fsp3) is 0.833. The van der Waals surface area contributed by atoms with Gasteiger partial charge in [-0.1, -0.05) is 90.0 Å². The van der Waals surface area contributed by atoms with Crippen molar-refractivity contribution in [3.05, 3.63) is 12.2 Å². The Balaban J connectivity index is 2.95. The lowest BCUT2D eigenvalue weighted by atomic mass is 10.0. The lowest BCUT2D eigenvalue weighted by Gasteiger charge is -2.02. The molecule has 0 aliphatic heterocycles. The number of carbonyl (C=O) groups excluding carboxylic acids is 1. The summed E-state index contributed by atoms with van der Waals surface area (Å²) in [6.07, 6.45) is 23.7. The Hall–Kier alpha value is -0.590. The molecule has 0 amide bonds. The standard InChI is InChI=1S/C18H34O/c1-2-3-4-5-6-7-8-9-10-11-12-13-14-15-16-17-18-19/h16-18H,2-15H2,1H3/b17-16+. The third-order valence-electron chi connectivity index (χ3n) is 3.69. The second kappa shape index (κ2) is 17.4. The van der Waals surface area contributed by atoms with Gasteiger partial charge in [0, 0.05) is 0 Å². The van der Waals surface area contributed by atoms with Gasteiger partial charge in [-0.2, -0.15) is 0 Å². The largest absolute Gasteiger partial charge is 0.299 e. The average molecular weight is 266 g/mol. The Kier molecular flexibility index (Phi) is 16.9. The van der Waals surface area contributed by atoms with E-state index in [0.29, 0.717) is 0 Å². The molecule has 0 aliphatic carbocycles. The van der Waals surface area contributed by atoms with Gasteiger partial charge in [0.05, 0.1) is 0 Å². The maximum Gasteiger partial charge on any atom is 0.142 e. The summed E-state index contributed by atoms with van der Waals surface area (Å²) < 4.78 is 0. The maximum absolute atomic E-state index is 10.1. The minimum atomic E-state index is 0.863. The van der Waals surface area contributed by atoms with Gasteiger partial charge in [-0.3, -0.25) is 4.79 Å². The zero-order valence-electron chi connectivity index (χ0n) is 13.0. The van der Waals surface area contributed by atoms with E-state index in [2.05, 4.69) is 6.92 Å². The number of unbranched alkanes of at least 4 members (excludes halogenated alkanes) is 13. The van der Waals surface area contributed by atoms with Crippen LogP contribution < -0.4 is 0 Å². The Bertz CT molecular complexity index is 196. The Morgan fingerprint density at radius 2 is 1.05 bits per heavy atom. The fourth-order valence-electron chi connectivity index (χ4n) is 2.43. The van der Waals surface area contributed by atoms with Crippen molar-refractivity contribution >= 4 is 6.29 Å². The smallest absolute Gasteiger partial charge is 0.142 e. The molecule has 0 aromatic heterocycles. The number of hydrogen-bond donors (Lipinski definition) is 0. The average Bonchev–Trinajstić information content (AvgIpc) is 2.43. The molecule has 0 spiro atoms. The molecule has 0 radical (unpaired) electrons. The topological polar surface area (TPSA) is 17.1 Å². The van der Waals surface area contributed by atoms with Crippen molar-refractivity contribution < 1.29 is 4.79 Å². The summed E-state index contributed by atoms with van der Waals surface area (Å²) in [7, 11) is 0. The molecule has 0 aliphatic rings. The van der Waals surface area contributed by atoms with Gasteiger partial charge in [0.15, 0.2) is 0 Å². The molecule has 0 aromatic rings. The van der Waals surface area contributed by atoms with E-state index in [1.807, 2.05) is 6.08 Å². The summed E-state index contributed by atoms with van der Waals surface area (Å²) in [5.41, 5.74) is 0. The molecule has 1 heteroatoms. The SMILES string of the molecule is CCCCCCCCCCCCCCC/C=C/C=O. The molecular formula is C18H34O. The van der Waals surface area contributed by atoms with Crippen LogP contribution >= 0.6 is 0 Å². The minimum absolute atomic E-state index is 0.863. The van der Waals surface area contributed by atoms with Crippen molar-refractivity contribution in [2.24, 2.45) is 0 Å². The molecule has 0 bridgehead atoms. The molecule has 112 valence electrons. The van der Waals surface area contributed by atoms with E-state index in [-0.39, 0.29) is 0 Å². The van der Waals surface area contributed by atoms with Crippen molar-refractivity contribution in [3.8, 4) is 0 Å². The summed E-state index contributed by atoms with van der Waals surface area (Å²) in [4.78, 5) is 10.1. The normalized spacial score (nSPS) is 11.2. The van der Waals surface area contributed by atoms with Gasteiger partial charge in [-0.15, -0.1) is 0 Å². The first-order valence-corrected chi connectivity index (χ1v) is 8.52. The van der Waals surface area contributed by atoms with Crippen LogP contribution in [0.5, 0.6) is 0 Å². The van der Waals surface area contributed by atoms with E-state index < -0.39 is 0 Å². The van der Waals surface area contributed by atoms with Gasteiger partial charge in [0.1, 0.15) is 6.29 Å². The van der Waals surface area contributed by atoms with E-state index in [0.717, 1.165) is 12.7 Å². The first-order valence-electron chi connectivity index (χ1n) is 8.52. The van der Waals surface area contributed by atoms with Gasteiger partial charge in [0.2, 0.25) is 0 Å². The second-order valence-electron chi connectivity index (χ2n) is 5.60. The molecule has 0 fully saturated rings. The molecule has 0 saturated carbocycles. The summed E-state index contributed by atoms with van der Waals surface area (Å²) in [6.45, 7) is 2.28. The lowest BCUT2D eigenvalue weighted by Crippen LogP contribution is -1.82. The van der Waals surface area contributed by atoms with Gasteiger partial charge < -0.3 is 0 Å². The van der Waals surface area contributed by atoms with Crippen molar-refractivity contribution in [1.82, 2.24) is 0 Å². The molecule has 0 atom stereocenters. The van der Waals surface area contributed by atoms with Crippen LogP contribution in [-0.4, -0.2) is 6.29 Å². The molecule has 0 rings (SSSR count). The lowest BCUT2D eigenvalue weighted by molar-refractivity contribution is -0.104. The van der Waals surface area contributed by atoms with Crippen LogP contribution in [0.1, 0.15) is 96.8 Å². The van der Waals surface area contributed by atoms with Gasteiger partial charge in [-0.25, -0.2) is 0 Å². The molecule has 1 nitrogen and oxygen atoms in total. The zero-order chi connectivity index (χ0) is 14.0. The van der Waals surface area contributed by atoms with E-state index in [9.17, 15) is 4.79 Å². The highest BCUT2D eigenvalue weighted by Crippen LogP contribution is 2.12. The molecule has 0 N–H and O–H groups in total. The maximum atomic E-state index is 10.1. The monoisotopic (exact) mass is 266 g/mol. The van der Waals surface area contributed by atoms with Crippen LogP contribution in [0.2, 0.25) is 0 Å². The first-order chi connectivity index (χ1) is 9.41. The Labute approximate surface area is 120 Å². The molecule has 0 saturated heterocycles. The van der Waals surface area contributed by atoms with Crippen molar-refractivity contribution in [1.29, 1.82) is 0 Å². The van der Waals surface area contributed by atoms with Crippen LogP contribution in [0, 0.1) is 0 Å². The third kappa shape index (κ3) is 17.4. The molecular weight excluding hydrogens is 232 g/mol. The molecule has 19 heavy (non-hydrogen) atoms. The quantitative estimate of drug-likeness (QED) is 0.195. The van der Waals surface area contributed by atoms with E-state index in [1.54, 1.807) is 6.08 Å². The number of aldehydes is 1. The van der Waals surface area contributed by atoms with Crippen LogP contribution in [0.4, 0.5) is 0 Å². The van der Waals surface area contributed by atoms with Gasteiger partial charge in [0.25, 0.3) is 0 Å². The second-order valence-corrected chi connectivity index (χ2v) is 5.60. The highest BCUT2D eigenvalue weighted by molar-refractivity contribution is 5.64. The van der Waals surface area contributed by atoms with E-state index in [4.69, 9.17) is 0 Å². The van der Waals surface area contributed by atoms with Crippen LogP contribution in [0.3, 0.4) is 0 Å². The summed E-state index contributed by atoms with van der Waals surface area (Å²) in [5, 5.41) is 0. The zero-order valence-corrected chi connectivity index (χ0v) is 13.0.